The highest BCUT2D eigenvalue weighted by molar-refractivity contribution is 8.00. The molecule has 0 saturated carbocycles. The molecule has 1 unspecified atom stereocenters. The van der Waals surface area contributed by atoms with E-state index in [0.717, 1.165) is 12.2 Å². The molecular formula is C15H21N5OS. The number of carbonyl (C=O) groups excluding carboxylic acids is 1. The van der Waals surface area contributed by atoms with Gasteiger partial charge in [-0.3, -0.25) is 4.79 Å². The average molecular weight is 319 g/mol. The van der Waals surface area contributed by atoms with E-state index in [4.69, 9.17) is 0 Å². The molecule has 2 aromatic rings. The largest absolute Gasteiger partial charge is 0.315 e. The van der Waals surface area contributed by atoms with Gasteiger partial charge in [-0.25, -0.2) is 4.68 Å². The van der Waals surface area contributed by atoms with E-state index in [1.807, 2.05) is 37.3 Å². The Morgan fingerprint density at radius 3 is 2.59 bits per heavy atom. The maximum atomic E-state index is 12.5. The topological polar surface area (TPSA) is 63.9 Å². The van der Waals surface area contributed by atoms with E-state index >= 15 is 0 Å². The lowest BCUT2D eigenvalue weighted by Gasteiger charge is -2.21. The van der Waals surface area contributed by atoms with Crippen LogP contribution in [0.2, 0.25) is 0 Å². The number of amides is 1. The summed E-state index contributed by atoms with van der Waals surface area (Å²) in [6, 6.07) is 9.59. The summed E-state index contributed by atoms with van der Waals surface area (Å²) >= 11 is 1.39. The number of hydrogen-bond acceptors (Lipinski definition) is 5. The van der Waals surface area contributed by atoms with Crippen molar-refractivity contribution in [1.82, 2.24) is 20.2 Å². The third-order valence-electron chi connectivity index (χ3n) is 3.14. The Balaban J connectivity index is 2.04. The normalized spacial score (nSPS) is 12.4. The second kappa shape index (κ2) is 7.40. The third kappa shape index (κ3) is 4.07. The third-order valence-corrected chi connectivity index (χ3v) is 4.20. The molecule has 1 aromatic carbocycles. The Bertz CT molecular complexity index is 613. The number of aromatic nitrogens is 4. The molecule has 118 valence electrons. The summed E-state index contributed by atoms with van der Waals surface area (Å²) in [6.45, 7) is 6.83. The monoisotopic (exact) mass is 319 g/mol. The van der Waals surface area contributed by atoms with Crippen LogP contribution in [0.5, 0.6) is 0 Å². The minimum absolute atomic E-state index is 0.0234. The van der Waals surface area contributed by atoms with Gasteiger partial charge in [-0.15, -0.1) is 5.10 Å². The van der Waals surface area contributed by atoms with Crippen LogP contribution in [-0.4, -0.2) is 38.4 Å². The molecule has 0 radical (unpaired) electrons. The molecule has 2 rings (SSSR count). The van der Waals surface area contributed by atoms with Crippen LogP contribution in [0.1, 0.15) is 20.8 Å². The average Bonchev–Trinajstić information content (AvgIpc) is 2.92. The van der Waals surface area contributed by atoms with Gasteiger partial charge in [0.2, 0.25) is 11.1 Å². The molecule has 0 N–H and O–H groups in total. The summed E-state index contributed by atoms with van der Waals surface area (Å²) < 4.78 is 1.75. The molecule has 7 heteroatoms. The number of hydrogen-bond donors (Lipinski definition) is 0. The van der Waals surface area contributed by atoms with Crippen molar-refractivity contribution in [3.63, 3.8) is 0 Å². The van der Waals surface area contributed by atoms with E-state index in [1.165, 1.54) is 11.8 Å². The van der Waals surface area contributed by atoms with E-state index in [-0.39, 0.29) is 11.2 Å². The van der Waals surface area contributed by atoms with Crippen LogP contribution in [0.25, 0.3) is 0 Å². The quantitative estimate of drug-likeness (QED) is 0.765. The van der Waals surface area contributed by atoms with Crippen LogP contribution in [0.3, 0.4) is 0 Å². The van der Waals surface area contributed by atoms with E-state index in [9.17, 15) is 4.79 Å². The van der Waals surface area contributed by atoms with Gasteiger partial charge in [-0.05, 0) is 35.4 Å². The highest BCUT2D eigenvalue weighted by Gasteiger charge is 2.22. The van der Waals surface area contributed by atoms with Crippen molar-refractivity contribution >= 4 is 23.4 Å². The summed E-state index contributed by atoms with van der Waals surface area (Å²) in [6.07, 6.45) is 0. The fraction of sp³-hybridized carbons (Fsp3) is 0.467. The minimum Gasteiger partial charge on any atom is -0.315 e. The van der Waals surface area contributed by atoms with Gasteiger partial charge >= 0.3 is 0 Å². The second-order valence-corrected chi connectivity index (χ2v) is 6.84. The van der Waals surface area contributed by atoms with Gasteiger partial charge in [-0.1, -0.05) is 43.8 Å². The zero-order valence-electron chi connectivity index (χ0n) is 13.3. The van der Waals surface area contributed by atoms with Crippen LogP contribution in [0.4, 0.5) is 5.69 Å². The number of carbonyl (C=O) groups is 1. The molecule has 1 heterocycles. The molecule has 1 aromatic heterocycles. The molecule has 1 amide bonds. The predicted octanol–water partition coefficient (Wildman–Crippen LogP) is 2.47. The number of para-hydroxylation sites is 1. The Morgan fingerprint density at radius 1 is 1.27 bits per heavy atom. The first kappa shape index (κ1) is 16.5. The Hall–Kier alpha value is -1.89. The van der Waals surface area contributed by atoms with Crippen molar-refractivity contribution in [2.24, 2.45) is 5.92 Å². The summed E-state index contributed by atoms with van der Waals surface area (Å²) in [5, 5.41) is 12.1. The molecule has 6 nitrogen and oxygen atoms in total. The zero-order chi connectivity index (χ0) is 16.1. The molecule has 0 aliphatic heterocycles. The summed E-state index contributed by atoms with van der Waals surface area (Å²) in [7, 11) is 1.78. The second-order valence-electron chi connectivity index (χ2n) is 5.53. The number of tetrazole rings is 1. The predicted molar refractivity (Wildman–Crippen MR) is 87.8 cm³/mol. The summed E-state index contributed by atoms with van der Waals surface area (Å²) in [4.78, 5) is 14.2. The molecule has 22 heavy (non-hydrogen) atoms. The van der Waals surface area contributed by atoms with Crippen molar-refractivity contribution in [2.75, 3.05) is 11.9 Å². The first-order chi connectivity index (χ1) is 10.5. The van der Waals surface area contributed by atoms with Crippen LogP contribution in [0, 0.1) is 5.92 Å². The van der Waals surface area contributed by atoms with Gasteiger partial charge in [0.15, 0.2) is 0 Å². The highest BCUT2D eigenvalue weighted by Crippen LogP contribution is 2.24. The molecule has 0 bridgehead atoms. The van der Waals surface area contributed by atoms with Crippen molar-refractivity contribution in [2.45, 2.75) is 37.7 Å². The van der Waals surface area contributed by atoms with Crippen LogP contribution < -0.4 is 4.90 Å². The van der Waals surface area contributed by atoms with Gasteiger partial charge in [0.1, 0.15) is 0 Å². The fourth-order valence-corrected chi connectivity index (χ4v) is 2.89. The number of nitrogens with zero attached hydrogens (tertiary/aromatic N) is 5. The highest BCUT2D eigenvalue weighted by atomic mass is 32.2. The molecule has 0 spiro atoms. The standard InChI is InChI=1S/C15H21N5OS/c1-11(2)10-20-15(16-17-18-20)22-12(3)14(21)19(4)13-8-6-5-7-9-13/h5-9,11-12H,10H2,1-4H3. The summed E-state index contributed by atoms with van der Waals surface area (Å²) in [5.74, 6) is 0.469. The molecule has 0 aliphatic carbocycles. The number of benzene rings is 1. The zero-order valence-corrected chi connectivity index (χ0v) is 14.1. The van der Waals surface area contributed by atoms with E-state index in [0.29, 0.717) is 11.1 Å². The lowest BCUT2D eigenvalue weighted by Crippen LogP contribution is -2.33. The molecule has 1 atom stereocenters. The van der Waals surface area contributed by atoms with Crippen molar-refractivity contribution in [1.29, 1.82) is 0 Å². The van der Waals surface area contributed by atoms with Crippen molar-refractivity contribution < 1.29 is 4.79 Å². The van der Waals surface area contributed by atoms with Gasteiger partial charge in [0, 0.05) is 19.3 Å². The van der Waals surface area contributed by atoms with Gasteiger partial charge in [-0.2, -0.15) is 0 Å². The van der Waals surface area contributed by atoms with Gasteiger partial charge in [0.05, 0.1) is 5.25 Å². The number of thioether (sulfide) groups is 1. The number of anilines is 1. The Kier molecular flexibility index (Phi) is 5.54. The van der Waals surface area contributed by atoms with E-state index in [2.05, 4.69) is 29.4 Å². The lowest BCUT2D eigenvalue weighted by atomic mass is 10.2. The van der Waals surface area contributed by atoms with E-state index < -0.39 is 0 Å². The van der Waals surface area contributed by atoms with Gasteiger partial charge in [0.25, 0.3) is 0 Å². The molecular weight excluding hydrogens is 298 g/mol. The first-order valence-corrected chi connectivity index (χ1v) is 8.12. The van der Waals surface area contributed by atoms with Crippen molar-refractivity contribution in [3.8, 4) is 0 Å². The summed E-state index contributed by atoms with van der Waals surface area (Å²) in [5.41, 5.74) is 0.877. The van der Waals surface area contributed by atoms with E-state index in [1.54, 1.807) is 16.6 Å². The first-order valence-electron chi connectivity index (χ1n) is 7.24. The maximum absolute atomic E-state index is 12.5. The van der Waals surface area contributed by atoms with Crippen LogP contribution >= 0.6 is 11.8 Å². The molecule has 0 fully saturated rings. The number of rotatable bonds is 6. The molecule has 0 aliphatic rings. The Morgan fingerprint density at radius 2 is 1.95 bits per heavy atom. The minimum atomic E-state index is -0.262. The van der Waals surface area contributed by atoms with Crippen LogP contribution in [0.15, 0.2) is 35.5 Å². The fourth-order valence-electron chi connectivity index (χ4n) is 2.00. The van der Waals surface area contributed by atoms with Crippen molar-refractivity contribution in [3.05, 3.63) is 30.3 Å². The van der Waals surface area contributed by atoms with Crippen LogP contribution in [-0.2, 0) is 11.3 Å². The molecule has 0 saturated heterocycles. The SMILES string of the molecule is CC(C)Cn1nnnc1SC(C)C(=O)N(C)c1ccccc1. The maximum Gasteiger partial charge on any atom is 0.240 e. The lowest BCUT2D eigenvalue weighted by molar-refractivity contribution is -0.117. The smallest absolute Gasteiger partial charge is 0.240 e. The van der Waals surface area contributed by atoms with Gasteiger partial charge < -0.3 is 4.90 Å². The Labute approximate surface area is 134 Å².